The van der Waals surface area contributed by atoms with E-state index < -0.39 is 18.0 Å². The van der Waals surface area contributed by atoms with Gasteiger partial charge in [-0.15, -0.1) is 0 Å². The van der Waals surface area contributed by atoms with Gasteiger partial charge in [0.25, 0.3) is 0 Å². The predicted molar refractivity (Wildman–Crippen MR) is 147 cm³/mol. The number of ether oxygens (including phenoxy) is 2. The molecule has 4 rings (SSSR count). The first kappa shape index (κ1) is 27.3. The minimum Gasteiger partial charge on any atom is -0.466 e. The standard InChI is InChI=1S/C28H26Cl2N4O4/c1-4-8-17(2)22-16-34(33-23(22)18-11-13-20(29)14-12-18)25-21(15-31-28(30)32-25)26(35)38-24(27(36)37-3)19-9-6-5-7-10-19/h4,6,8-15,22,24H,2,5,7,16H2,1,3H3/b8-4-. The molecule has 2 atom stereocenters. The molecule has 0 spiro atoms. The number of hydrogen-bond acceptors (Lipinski definition) is 8. The van der Waals surface area contributed by atoms with E-state index in [1.807, 2.05) is 43.4 Å². The molecule has 38 heavy (non-hydrogen) atoms. The van der Waals surface area contributed by atoms with E-state index in [0.717, 1.165) is 29.7 Å². The van der Waals surface area contributed by atoms with E-state index in [-0.39, 0.29) is 22.6 Å². The first-order valence-electron chi connectivity index (χ1n) is 11.9. The van der Waals surface area contributed by atoms with Crippen LogP contribution in [0.25, 0.3) is 0 Å². The van der Waals surface area contributed by atoms with Crippen molar-refractivity contribution in [1.29, 1.82) is 0 Å². The third-order valence-electron chi connectivity index (χ3n) is 6.05. The summed E-state index contributed by atoms with van der Waals surface area (Å²) in [5.41, 5.74) is 2.94. The van der Waals surface area contributed by atoms with E-state index in [2.05, 4.69) is 16.5 Å². The fourth-order valence-electron chi connectivity index (χ4n) is 4.19. The molecule has 1 aromatic carbocycles. The average molecular weight is 553 g/mol. The highest BCUT2D eigenvalue weighted by atomic mass is 35.5. The second-order valence-corrected chi connectivity index (χ2v) is 9.34. The molecule has 0 bridgehead atoms. The number of carbonyl (C=O) groups is 2. The van der Waals surface area contributed by atoms with Crippen LogP contribution in [0.5, 0.6) is 0 Å². The second kappa shape index (κ2) is 12.2. The maximum atomic E-state index is 13.4. The van der Waals surface area contributed by atoms with Crippen LogP contribution in [-0.2, 0) is 14.3 Å². The fourth-order valence-corrected chi connectivity index (χ4v) is 4.44. The lowest BCUT2D eigenvalue weighted by atomic mass is 9.91. The SMILES string of the molecule is C=C(/C=C\C)C1CN(c2nc(Cl)ncc2C(=O)OC(C(=O)OC)C2=CCCC=C2)N=C1c1ccc(Cl)cc1. The Bertz CT molecular complexity index is 1370. The van der Waals surface area contributed by atoms with Gasteiger partial charge >= 0.3 is 11.9 Å². The van der Waals surface area contributed by atoms with Gasteiger partial charge in [-0.05, 0) is 60.2 Å². The van der Waals surface area contributed by atoms with E-state index >= 15 is 0 Å². The summed E-state index contributed by atoms with van der Waals surface area (Å²) in [6.45, 7) is 6.45. The molecule has 2 aromatic rings. The number of methoxy groups -OCH3 is 1. The van der Waals surface area contributed by atoms with Gasteiger partial charge in [0.05, 0.1) is 19.4 Å². The van der Waals surface area contributed by atoms with Crippen molar-refractivity contribution in [2.45, 2.75) is 25.9 Å². The maximum Gasteiger partial charge on any atom is 0.351 e. The summed E-state index contributed by atoms with van der Waals surface area (Å²) in [7, 11) is 1.24. The largest absolute Gasteiger partial charge is 0.466 e. The van der Waals surface area contributed by atoms with Gasteiger partial charge in [-0.25, -0.2) is 19.6 Å². The second-order valence-electron chi connectivity index (χ2n) is 8.57. The fraction of sp³-hybridized carbons (Fsp3) is 0.250. The molecule has 2 aliphatic rings. The van der Waals surface area contributed by atoms with Crippen molar-refractivity contribution < 1.29 is 19.1 Å². The molecular weight excluding hydrogens is 527 g/mol. The minimum absolute atomic E-state index is 0.000180. The van der Waals surface area contributed by atoms with Crippen LogP contribution in [0.4, 0.5) is 5.82 Å². The molecule has 8 nitrogen and oxygen atoms in total. The molecule has 10 heteroatoms. The molecule has 0 N–H and O–H groups in total. The average Bonchev–Trinajstić information content (AvgIpc) is 3.38. The van der Waals surface area contributed by atoms with Crippen LogP contribution in [0.2, 0.25) is 10.3 Å². The van der Waals surface area contributed by atoms with Crippen LogP contribution in [0.3, 0.4) is 0 Å². The Balaban J connectivity index is 1.71. The monoisotopic (exact) mass is 552 g/mol. The topological polar surface area (TPSA) is 94.0 Å². The van der Waals surface area contributed by atoms with Crippen LogP contribution >= 0.6 is 23.2 Å². The molecule has 0 saturated heterocycles. The number of benzene rings is 1. The molecule has 1 aliphatic carbocycles. The quantitative estimate of drug-likeness (QED) is 0.234. The van der Waals surface area contributed by atoms with E-state index in [1.165, 1.54) is 13.3 Å². The highest BCUT2D eigenvalue weighted by Crippen LogP contribution is 2.32. The molecule has 0 saturated carbocycles. The zero-order valence-electron chi connectivity index (χ0n) is 20.9. The van der Waals surface area contributed by atoms with Gasteiger partial charge in [-0.1, -0.05) is 60.7 Å². The molecule has 0 amide bonds. The molecular formula is C28H26Cl2N4O4. The highest BCUT2D eigenvalue weighted by molar-refractivity contribution is 6.30. The molecule has 2 unspecified atom stereocenters. The molecule has 1 aromatic heterocycles. The Hall–Kier alpha value is -3.75. The van der Waals surface area contributed by atoms with E-state index in [4.69, 9.17) is 37.8 Å². The number of hydrogen-bond donors (Lipinski definition) is 0. The summed E-state index contributed by atoms with van der Waals surface area (Å²) < 4.78 is 10.5. The van der Waals surface area contributed by atoms with Gasteiger partial charge in [-0.2, -0.15) is 10.1 Å². The Morgan fingerprint density at radius 1 is 1.21 bits per heavy atom. The van der Waals surface area contributed by atoms with Crippen LogP contribution in [0.1, 0.15) is 35.7 Å². The van der Waals surface area contributed by atoms with Gasteiger partial charge in [0.1, 0.15) is 5.56 Å². The van der Waals surface area contributed by atoms with Gasteiger partial charge in [-0.3, -0.25) is 0 Å². The van der Waals surface area contributed by atoms with Crippen molar-refractivity contribution >= 4 is 46.7 Å². The first-order chi connectivity index (χ1) is 18.3. The third-order valence-corrected chi connectivity index (χ3v) is 6.49. The van der Waals surface area contributed by atoms with Gasteiger partial charge < -0.3 is 9.47 Å². The van der Waals surface area contributed by atoms with Crippen LogP contribution in [0, 0.1) is 5.92 Å². The third kappa shape index (κ3) is 6.03. The Morgan fingerprint density at radius 3 is 2.63 bits per heavy atom. The minimum atomic E-state index is -1.23. The van der Waals surface area contributed by atoms with Crippen molar-refractivity contribution in [2.24, 2.45) is 11.0 Å². The number of hydrazone groups is 1. The van der Waals surface area contributed by atoms with Crippen LogP contribution < -0.4 is 5.01 Å². The Kier molecular flexibility index (Phi) is 8.76. The van der Waals surface area contributed by atoms with Crippen LogP contribution in [-0.4, -0.2) is 47.4 Å². The van der Waals surface area contributed by atoms with Gasteiger partial charge in [0.2, 0.25) is 11.4 Å². The zero-order valence-corrected chi connectivity index (χ0v) is 22.4. The number of nitrogens with zero attached hydrogens (tertiary/aromatic N) is 4. The lowest BCUT2D eigenvalue weighted by Gasteiger charge is -2.21. The number of allylic oxidation sites excluding steroid dienone is 4. The van der Waals surface area contributed by atoms with E-state index in [1.54, 1.807) is 23.2 Å². The summed E-state index contributed by atoms with van der Waals surface area (Å²) in [6, 6.07) is 7.30. The van der Waals surface area contributed by atoms with Crippen molar-refractivity contribution in [3.63, 3.8) is 0 Å². The number of rotatable bonds is 8. The summed E-state index contributed by atoms with van der Waals surface area (Å²) >= 11 is 12.2. The summed E-state index contributed by atoms with van der Waals surface area (Å²) in [5.74, 6) is -1.57. The van der Waals surface area contributed by atoms with Crippen molar-refractivity contribution in [3.05, 3.63) is 100 Å². The number of aromatic nitrogens is 2. The zero-order chi connectivity index (χ0) is 27.2. The summed E-state index contributed by atoms with van der Waals surface area (Å²) in [4.78, 5) is 34.2. The summed E-state index contributed by atoms with van der Waals surface area (Å²) in [6.07, 6.45) is 10.9. The number of anilines is 1. The van der Waals surface area contributed by atoms with E-state index in [0.29, 0.717) is 17.1 Å². The molecule has 0 fully saturated rings. The number of carbonyl (C=O) groups excluding carboxylic acids is 2. The van der Waals surface area contributed by atoms with Gasteiger partial charge in [0, 0.05) is 17.1 Å². The van der Waals surface area contributed by atoms with Gasteiger partial charge in [0.15, 0.2) is 5.82 Å². The number of halogens is 2. The van der Waals surface area contributed by atoms with Crippen molar-refractivity contribution in [3.8, 4) is 0 Å². The Morgan fingerprint density at radius 2 is 1.97 bits per heavy atom. The van der Waals surface area contributed by atoms with Crippen molar-refractivity contribution in [1.82, 2.24) is 9.97 Å². The molecule has 196 valence electrons. The molecule has 1 aliphatic heterocycles. The summed E-state index contributed by atoms with van der Waals surface area (Å²) in [5, 5.41) is 6.89. The highest BCUT2D eigenvalue weighted by Gasteiger charge is 2.35. The normalized spacial score (nSPS) is 17.7. The first-order valence-corrected chi connectivity index (χ1v) is 12.7. The maximum absolute atomic E-state index is 13.4. The predicted octanol–water partition coefficient (Wildman–Crippen LogP) is 5.73. The number of esters is 2. The molecule has 2 heterocycles. The molecule has 0 radical (unpaired) electrons. The van der Waals surface area contributed by atoms with Crippen molar-refractivity contribution in [2.75, 3.05) is 18.7 Å². The van der Waals surface area contributed by atoms with Crippen LogP contribution in [0.15, 0.2) is 83.7 Å². The lowest BCUT2D eigenvalue weighted by Crippen LogP contribution is -2.31. The Labute approximate surface area is 231 Å². The smallest absolute Gasteiger partial charge is 0.351 e. The lowest BCUT2D eigenvalue weighted by molar-refractivity contribution is -0.148. The van der Waals surface area contributed by atoms with E-state index in [9.17, 15) is 9.59 Å².